The molecule has 7 heteroatoms. The Morgan fingerprint density at radius 2 is 1.96 bits per heavy atom. The van der Waals surface area contributed by atoms with Crippen molar-refractivity contribution in [1.29, 1.82) is 0 Å². The molecule has 0 saturated heterocycles. The number of aryl methyl sites for hydroxylation is 1. The van der Waals surface area contributed by atoms with Crippen molar-refractivity contribution >= 4 is 5.82 Å². The Kier molecular flexibility index (Phi) is 5.13. The monoisotopic (exact) mass is 339 g/mol. The Balaban J connectivity index is 1.77. The Morgan fingerprint density at radius 3 is 2.68 bits per heavy atom. The number of nitrogens with one attached hydrogen (secondary N) is 1. The number of nitrogens with zero attached hydrogens (tertiary/aromatic N) is 4. The third kappa shape index (κ3) is 4.06. The van der Waals surface area contributed by atoms with E-state index in [4.69, 9.17) is 0 Å². The third-order valence-corrected chi connectivity index (χ3v) is 4.04. The first-order chi connectivity index (χ1) is 12.1. The van der Waals surface area contributed by atoms with Crippen LogP contribution in [0.25, 0.3) is 0 Å². The van der Waals surface area contributed by atoms with Gasteiger partial charge in [0.25, 0.3) is 5.56 Å². The molecule has 0 radical (unpaired) electrons. The maximum atomic E-state index is 12.5. The van der Waals surface area contributed by atoms with Gasteiger partial charge in [0.1, 0.15) is 5.82 Å². The molecule has 25 heavy (non-hydrogen) atoms. The van der Waals surface area contributed by atoms with Crippen molar-refractivity contribution < 1.29 is 0 Å². The van der Waals surface area contributed by atoms with Crippen LogP contribution in [-0.4, -0.2) is 25.2 Å². The maximum absolute atomic E-state index is 12.5. The Bertz CT molecular complexity index is 926. The van der Waals surface area contributed by atoms with Gasteiger partial charge in [-0.3, -0.25) is 13.9 Å². The van der Waals surface area contributed by atoms with Gasteiger partial charge >= 0.3 is 5.69 Å². The van der Waals surface area contributed by atoms with Crippen LogP contribution in [0.2, 0.25) is 0 Å². The summed E-state index contributed by atoms with van der Waals surface area (Å²) in [5, 5.41) is 3.22. The molecule has 0 aliphatic rings. The number of hydrogen-bond donors (Lipinski definition) is 1. The molecule has 0 spiro atoms. The van der Waals surface area contributed by atoms with Crippen LogP contribution >= 0.6 is 0 Å². The molecular formula is C18H21N5O2. The van der Waals surface area contributed by atoms with Crippen LogP contribution in [0, 0.1) is 0 Å². The van der Waals surface area contributed by atoms with Crippen molar-refractivity contribution in [3.8, 4) is 0 Å². The second-order valence-electron chi connectivity index (χ2n) is 5.86. The maximum Gasteiger partial charge on any atom is 0.332 e. The van der Waals surface area contributed by atoms with Crippen LogP contribution in [0.4, 0.5) is 5.82 Å². The van der Waals surface area contributed by atoms with Crippen molar-refractivity contribution in [2.75, 3.05) is 11.9 Å². The zero-order valence-electron chi connectivity index (χ0n) is 14.1. The zero-order valence-corrected chi connectivity index (χ0v) is 14.1. The second kappa shape index (κ2) is 7.65. The lowest BCUT2D eigenvalue weighted by atomic mass is 10.2. The van der Waals surface area contributed by atoms with Crippen LogP contribution < -0.4 is 16.6 Å². The van der Waals surface area contributed by atoms with Gasteiger partial charge in [-0.15, -0.1) is 0 Å². The molecule has 0 aliphatic carbocycles. The highest BCUT2D eigenvalue weighted by atomic mass is 16.2. The van der Waals surface area contributed by atoms with Gasteiger partial charge in [0.05, 0.1) is 12.9 Å². The lowest BCUT2D eigenvalue weighted by molar-refractivity contribution is 0.635. The average Bonchev–Trinajstić information content (AvgIpc) is 3.14. The van der Waals surface area contributed by atoms with Gasteiger partial charge in [-0.2, -0.15) is 0 Å². The molecule has 2 heterocycles. The van der Waals surface area contributed by atoms with Crippen molar-refractivity contribution in [2.45, 2.75) is 19.5 Å². The Hall–Kier alpha value is -3.09. The number of rotatable bonds is 7. The smallest absolute Gasteiger partial charge is 0.332 e. The van der Waals surface area contributed by atoms with E-state index in [1.807, 2.05) is 41.1 Å². The molecule has 3 aromatic rings. The van der Waals surface area contributed by atoms with Crippen LogP contribution in [0.5, 0.6) is 0 Å². The molecule has 2 aromatic heterocycles. The van der Waals surface area contributed by atoms with Crippen LogP contribution in [0.1, 0.15) is 12.0 Å². The molecular weight excluding hydrogens is 318 g/mol. The van der Waals surface area contributed by atoms with Crippen LogP contribution in [0.3, 0.4) is 0 Å². The van der Waals surface area contributed by atoms with E-state index in [2.05, 4.69) is 10.3 Å². The molecule has 1 N–H and O–H groups in total. The molecule has 0 aliphatic heterocycles. The zero-order chi connectivity index (χ0) is 17.6. The van der Waals surface area contributed by atoms with Crippen molar-refractivity contribution in [2.24, 2.45) is 7.05 Å². The topological polar surface area (TPSA) is 73.8 Å². The van der Waals surface area contributed by atoms with Gasteiger partial charge in [-0.25, -0.2) is 9.78 Å². The molecule has 3 rings (SSSR count). The van der Waals surface area contributed by atoms with Gasteiger partial charge < -0.3 is 9.88 Å². The predicted octanol–water partition coefficient (Wildman–Crippen LogP) is 1.29. The van der Waals surface area contributed by atoms with Crippen molar-refractivity contribution in [3.63, 3.8) is 0 Å². The standard InChI is InChI=1S/C18H21N5O2/c1-21-17(24)12-16(20-8-5-10-22-11-9-19-14-22)23(18(21)25)13-15-6-3-2-4-7-15/h2-4,6-7,9,11-12,14,20H,5,8,10,13H2,1H3. The highest BCUT2D eigenvalue weighted by Crippen LogP contribution is 2.07. The minimum absolute atomic E-state index is 0.313. The number of aromatic nitrogens is 4. The minimum atomic E-state index is -0.325. The molecule has 0 fully saturated rings. The summed E-state index contributed by atoms with van der Waals surface area (Å²) < 4.78 is 4.70. The largest absolute Gasteiger partial charge is 0.371 e. The summed E-state index contributed by atoms with van der Waals surface area (Å²) in [5.41, 5.74) is 0.365. The predicted molar refractivity (Wildman–Crippen MR) is 96.8 cm³/mol. The first-order valence-electron chi connectivity index (χ1n) is 8.19. The molecule has 7 nitrogen and oxygen atoms in total. The van der Waals surface area contributed by atoms with Gasteiger partial charge in [0.15, 0.2) is 0 Å². The molecule has 0 atom stereocenters. The van der Waals surface area contributed by atoms with E-state index in [1.165, 1.54) is 13.1 Å². The second-order valence-corrected chi connectivity index (χ2v) is 5.86. The summed E-state index contributed by atoms with van der Waals surface area (Å²) in [6.07, 6.45) is 6.27. The quantitative estimate of drug-likeness (QED) is 0.659. The highest BCUT2D eigenvalue weighted by molar-refractivity contribution is 5.35. The molecule has 130 valence electrons. The fraction of sp³-hybridized carbons (Fsp3) is 0.278. The van der Waals surface area contributed by atoms with Gasteiger partial charge in [0.2, 0.25) is 0 Å². The first-order valence-corrected chi connectivity index (χ1v) is 8.19. The highest BCUT2D eigenvalue weighted by Gasteiger charge is 2.09. The Labute approximate surface area is 145 Å². The summed E-state index contributed by atoms with van der Waals surface area (Å²) in [6, 6.07) is 11.2. The molecule has 0 unspecified atom stereocenters. The third-order valence-electron chi connectivity index (χ3n) is 4.04. The lowest BCUT2D eigenvalue weighted by Crippen LogP contribution is -2.39. The number of anilines is 1. The van der Waals surface area contributed by atoms with Gasteiger partial charge in [0, 0.05) is 38.6 Å². The van der Waals surface area contributed by atoms with E-state index in [0.717, 1.165) is 23.1 Å². The molecule has 1 aromatic carbocycles. The van der Waals surface area contributed by atoms with E-state index in [0.29, 0.717) is 18.9 Å². The summed E-state index contributed by atoms with van der Waals surface area (Å²) in [4.78, 5) is 28.5. The number of benzene rings is 1. The summed E-state index contributed by atoms with van der Waals surface area (Å²) in [5.74, 6) is 0.544. The fourth-order valence-electron chi connectivity index (χ4n) is 2.63. The minimum Gasteiger partial charge on any atom is -0.371 e. The van der Waals surface area contributed by atoms with Gasteiger partial charge in [-0.1, -0.05) is 30.3 Å². The van der Waals surface area contributed by atoms with E-state index >= 15 is 0 Å². The first kappa shape index (κ1) is 16.8. The normalized spacial score (nSPS) is 10.8. The van der Waals surface area contributed by atoms with E-state index < -0.39 is 0 Å². The Morgan fingerprint density at radius 1 is 1.16 bits per heavy atom. The van der Waals surface area contributed by atoms with Crippen LogP contribution in [0.15, 0.2) is 64.7 Å². The summed E-state index contributed by atoms with van der Waals surface area (Å²) >= 11 is 0. The number of hydrogen-bond acceptors (Lipinski definition) is 4. The fourth-order valence-corrected chi connectivity index (χ4v) is 2.63. The average molecular weight is 339 g/mol. The van der Waals surface area contributed by atoms with E-state index in [9.17, 15) is 9.59 Å². The van der Waals surface area contributed by atoms with E-state index in [-0.39, 0.29) is 11.2 Å². The summed E-state index contributed by atoms with van der Waals surface area (Å²) in [7, 11) is 1.50. The number of imidazole rings is 1. The summed E-state index contributed by atoms with van der Waals surface area (Å²) in [6.45, 7) is 1.89. The molecule has 0 saturated carbocycles. The van der Waals surface area contributed by atoms with Gasteiger partial charge in [-0.05, 0) is 12.0 Å². The van der Waals surface area contributed by atoms with Crippen molar-refractivity contribution in [1.82, 2.24) is 18.7 Å². The lowest BCUT2D eigenvalue weighted by Gasteiger charge is -2.15. The van der Waals surface area contributed by atoms with E-state index in [1.54, 1.807) is 17.1 Å². The van der Waals surface area contributed by atoms with Crippen molar-refractivity contribution in [3.05, 3.63) is 81.5 Å². The SMILES string of the molecule is Cn1c(=O)cc(NCCCn2ccnc2)n(Cc2ccccc2)c1=O. The van der Waals surface area contributed by atoms with Crippen LogP contribution in [-0.2, 0) is 20.1 Å². The molecule has 0 bridgehead atoms. The molecule has 0 amide bonds.